The highest BCUT2D eigenvalue weighted by Crippen LogP contribution is 2.31. The fraction of sp³-hybridized carbons (Fsp3) is 0.778. The lowest BCUT2D eigenvalue weighted by Gasteiger charge is -2.23. The molecule has 1 aliphatic carbocycles. The molecule has 4 heteroatoms. The third kappa shape index (κ3) is 2.72. The lowest BCUT2D eigenvalue weighted by atomic mass is 10.2. The molecule has 0 aromatic carbocycles. The van der Waals surface area contributed by atoms with Gasteiger partial charge < -0.3 is 10.0 Å². The Hall–Kier alpha value is -1.06. The van der Waals surface area contributed by atoms with Gasteiger partial charge in [-0.3, -0.25) is 9.59 Å². The van der Waals surface area contributed by atoms with Gasteiger partial charge in [-0.1, -0.05) is 0 Å². The molecule has 0 saturated heterocycles. The number of hydrogen-bond acceptors (Lipinski definition) is 2. The van der Waals surface area contributed by atoms with Gasteiger partial charge in [0.15, 0.2) is 0 Å². The van der Waals surface area contributed by atoms with Gasteiger partial charge in [0.25, 0.3) is 0 Å². The highest BCUT2D eigenvalue weighted by molar-refractivity contribution is 5.81. The zero-order chi connectivity index (χ0) is 10.0. The second-order valence-corrected chi connectivity index (χ2v) is 3.67. The molecule has 1 rings (SSSR count). The molecule has 0 bridgehead atoms. The Morgan fingerprint density at radius 3 is 2.46 bits per heavy atom. The van der Waals surface area contributed by atoms with Crippen LogP contribution in [0.1, 0.15) is 26.2 Å². The summed E-state index contributed by atoms with van der Waals surface area (Å²) in [6, 6.07) is -0.203. The van der Waals surface area contributed by atoms with E-state index in [1.165, 1.54) is 0 Å². The van der Waals surface area contributed by atoms with Crippen molar-refractivity contribution in [2.24, 2.45) is 5.92 Å². The van der Waals surface area contributed by atoms with Gasteiger partial charge in [-0.25, -0.2) is 0 Å². The first-order valence-electron chi connectivity index (χ1n) is 4.51. The van der Waals surface area contributed by atoms with E-state index in [4.69, 9.17) is 5.11 Å². The van der Waals surface area contributed by atoms with Gasteiger partial charge in [-0.2, -0.15) is 0 Å². The molecule has 0 spiro atoms. The monoisotopic (exact) mass is 185 g/mol. The van der Waals surface area contributed by atoms with Crippen LogP contribution >= 0.6 is 0 Å². The number of nitrogens with zero attached hydrogens (tertiary/aromatic N) is 1. The molecular weight excluding hydrogens is 170 g/mol. The third-order valence-electron chi connectivity index (χ3n) is 2.41. The second kappa shape index (κ2) is 3.77. The van der Waals surface area contributed by atoms with Crippen LogP contribution in [0.4, 0.5) is 0 Å². The van der Waals surface area contributed by atoms with E-state index in [0.717, 1.165) is 12.8 Å². The molecule has 0 aromatic rings. The van der Waals surface area contributed by atoms with Crippen LogP contribution in [0.3, 0.4) is 0 Å². The van der Waals surface area contributed by atoms with Crippen molar-refractivity contribution < 1.29 is 14.7 Å². The van der Waals surface area contributed by atoms with Gasteiger partial charge in [0.2, 0.25) is 5.91 Å². The number of carboxylic acid groups (broad SMARTS) is 1. The van der Waals surface area contributed by atoms with Gasteiger partial charge >= 0.3 is 5.97 Å². The first kappa shape index (κ1) is 10.0. The van der Waals surface area contributed by atoms with Crippen molar-refractivity contribution in [2.75, 3.05) is 7.05 Å². The standard InChI is InChI=1S/C9H15NO3/c1-6(5-8(11)12)10(2)9(13)7-3-4-7/h6-7H,3-5H2,1-2H3,(H,11,12). The van der Waals surface area contributed by atoms with E-state index in [1.807, 2.05) is 0 Å². The summed E-state index contributed by atoms with van der Waals surface area (Å²) < 4.78 is 0. The highest BCUT2D eigenvalue weighted by Gasteiger charge is 2.33. The molecule has 0 radical (unpaired) electrons. The lowest BCUT2D eigenvalue weighted by Crippen LogP contribution is -2.37. The third-order valence-corrected chi connectivity index (χ3v) is 2.41. The van der Waals surface area contributed by atoms with Crippen molar-refractivity contribution in [1.82, 2.24) is 4.90 Å². The molecule has 1 atom stereocenters. The summed E-state index contributed by atoms with van der Waals surface area (Å²) in [6.45, 7) is 1.76. The number of amides is 1. The van der Waals surface area contributed by atoms with Crippen molar-refractivity contribution in [1.29, 1.82) is 0 Å². The first-order valence-corrected chi connectivity index (χ1v) is 4.51. The fourth-order valence-corrected chi connectivity index (χ4v) is 1.23. The van der Waals surface area contributed by atoms with Crippen LogP contribution in [-0.2, 0) is 9.59 Å². The SMILES string of the molecule is CC(CC(=O)O)N(C)C(=O)C1CC1. The maximum atomic E-state index is 11.5. The fourth-order valence-electron chi connectivity index (χ4n) is 1.23. The topological polar surface area (TPSA) is 57.6 Å². The minimum absolute atomic E-state index is 0.0228. The van der Waals surface area contributed by atoms with E-state index in [0.29, 0.717) is 0 Å². The summed E-state index contributed by atoms with van der Waals surface area (Å²) in [5.74, 6) is -0.599. The van der Waals surface area contributed by atoms with Gasteiger partial charge in [-0.15, -0.1) is 0 Å². The van der Waals surface area contributed by atoms with Gasteiger partial charge in [0, 0.05) is 19.0 Å². The van der Waals surface area contributed by atoms with Crippen LogP contribution < -0.4 is 0 Å². The van der Waals surface area contributed by atoms with E-state index in [-0.39, 0.29) is 24.3 Å². The van der Waals surface area contributed by atoms with E-state index in [2.05, 4.69) is 0 Å². The number of carbonyl (C=O) groups excluding carboxylic acids is 1. The van der Waals surface area contributed by atoms with E-state index in [9.17, 15) is 9.59 Å². The van der Waals surface area contributed by atoms with Gasteiger partial charge in [0.1, 0.15) is 0 Å². The Kier molecular flexibility index (Phi) is 2.90. The van der Waals surface area contributed by atoms with Gasteiger partial charge in [0.05, 0.1) is 6.42 Å². The quantitative estimate of drug-likeness (QED) is 0.702. The lowest BCUT2D eigenvalue weighted by molar-refractivity contribution is -0.140. The molecule has 0 aromatic heterocycles. The van der Waals surface area contributed by atoms with Crippen LogP contribution in [-0.4, -0.2) is 35.0 Å². The van der Waals surface area contributed by atoms with Crippen molar-refractivity contribution in [3.63, 3.8) is 0 Å². The minimum atomic E-state index is -0.858. The summed E-state index contributed by atoms with van der Waals surface area (Å²) >= 11 is 0. The molecule has 1 amide bonds. The summed E-state index contributed by atoms with van der Waals surface area (Å²) in [4.78, 5) is 23.4. The summed E-state index contributed by atoms with van der Waals surface area (Å²) in [7, 11) is 1.67. The molecule has 4 nitrogen and oxygen atoms in total. The molecule has 74 valence electrons. The van der Waals surface area contributed by atoms with Crippen molar-refractivity contribution >= 4 is 11.9 Å². The number of carboxylic acids is 1. The van der Waals surface area contributed by atoms with E-state index in [1.54, 1.807) is 18.9 Å². The van der Waals surface area contributed by atoms with Gasteiger partial charge in [-0.05, 0) is 19.8 Å². The van der Waals surface area contributed by atoms with Crippen LogP contribution in [0.15, 0.2) is 0 Å². The number of hydrogen-bond donors (Lipinski definition) is 1. The van der Waals surface area contributed by atoms with Crippen LogP contribution in [0, 0.1) is 5.92 Å². The molecule has 1 N–H and O–H groups in total. The summed E-state index contributed by atoms with van der Waals surface area (Å²) in [5, 5.41) is 8.53. The molecule has 1 unspecified atom stereocenters. The maximum Gasteiger partial charge on any atom is 0.305 e. The van der Waals surface area contributed by atoms with Crippen LogP contribution in [0.2, 0.25) is 0 Å². The molecule has 0 aliphatic heterocycles. The zero-order valence-electron chi connectivity index (χ0n) is 7.99. The predicted molar refractivity (Wildman–Crippen MR) is 47.2 cm³/mol. The Bertz CT molecular complexity index is 223. The molecule has 1 fully saturated rings. The largest absolute Gasteiger partial charge is 0.481 e. The second-order valence-electron chi connectivity index (χ2n) is 3.67. The molecular formula is C9H15NO3. The average Bonchev–Trinajstić information content (AvgIpc) is 2.82. The zero-order valence-corrected chi connectivity index (χ0v) is 7.99. The molecule has 13 heavy (non-hydrogen) atoms. The molecule has 0 heterocycles. The van der Waals surface area contributed by atoms with E-state index < -0.39 is 5.97 Å². The Morgan fingerprint density at radius 1 is 1.54 bits per heavy atom. The van der Waals surface area contributed by atoms with E-state index >= 15 is 0 Å². The van der Waals surface area contributed by atoms with Crippen molar-refractivity contribution in [3.8, 4) is 0 Å². The normalized spacial score (nSPS) is 18.0. The highest BCUT2D eigenvalue weighted by atomic mass is 16.4. The first-order chi connectivity index (χ1) is 6.02. The average molecular weight is 185 g/mol. The smallest absolute Gasteiger partial charge is 0.305 e. The van der Waals surface area contributed by atoms with Crippen LogP contribution in [0.5, 0.6) is 0 Å². The summed E-state index contributed by atoms with van der Waals surface area (Å²) in [5.41, 5.74) is 0. The summed E-state index contributed by atoms with van der Waals surface area (Å²) in [6.07, 6.45) is 1.95. The Balaban J connectivity index is 2.40. The van der Waals surface area contributed by atoms with Crippen LogP contribution in [0.25, 0.3) is 0 Å². The number of carbonyl (C=O) groups is 2. The Labute approximate surface area is 77.5 Å². The molecule has 1 aliphatic rings. The number of aliphatic carboxylic acids is 1. The predicted octanol–water partition coefficient (Wildman–Crippen LogP) is 0.718. The number of rotatable bonds is 4. The van der Waals surface area contributed by atoms with Crippen molar-refractivity contribution in [3.05, 3.63) is 0 Å². The maximum absolute atomic E-state index is 11.5. The minimum Gasteiger partial charge on any atom is -0.481 e. The molecule has 1 saturated carbocycles. The van der Waals surface area contributed by atoms with Crippen molar-refractivity contribution in [2.45, 2.75) is 32.2 Å². The Morgan fingerprint density at radius 2 is 2.08 bits per heavy atom.